The van der Waals surface area contributed by atoms with Gasteiger partial charge in [0, 0.05) is 0 Å². The van der Waals surface area contributed by atoms with Crippen LogP contribution in [0, 0.1) is 0 Å². The second-order valence-corrected chi connectivity index (χ2v) is 7.11. The van der Waals surface area contributed by atoms with Crippen LogP contribution in [0.1, 0.15) is 42.7 Å². The maximum Gasteiger partial charge on any atom is 0.408 e. The molecule has 29 heavy (non-hydrogen) atoms. The lowest BCUT2D eigenvalue weighted by atomic mass is 10.2. The van der Waals surface area contributed by atoms with Crippen molar-refractivity contribution < 1.29 is 33.0 Å². The summed E-state index contributed by atoms with van der Waals surface area (Å²) in [5.41, 5.74) is 0.000886. The summed E-state index contributed by atoms with van der Waals surface area (Å²) in [5, 5.41) is 2.46. The minimum atomic E-state index is -1.13. The number of esters is 2. The Hall–Kier alpha value is -3.36. The largest absolute Gasteiger partial charge is 0.464 e. The zero-order valence-electron chi connectivity index (χ0n) is 16.8. The van der Waals surface area contributed by atoms with E-state index in [-0.39, 0.29) is 24.6 Å². The Balaban J connectivity index is 2.09. The highest BCUT2D eigenvalue weighted by Gasteiger charge is 2.28. The second kappa shape index (κ2) is 9.72. The first-order valence-corrected chi connectivity index (χ1v) is 8.90. The van der Waals surface area contributed by atoms with Crippen LogP contribution >= 0.6 is 0 Å². The quantitative estimate of drug-likeness (QED) is 0.553. The van der Waals surface area contributed by atoms with E-state index >= 15 is 0 Å². The molecule has 0 spiro atoms. The molecule has 0 bridgehead atoms. The van der Waals surface area contributed by atoms with Gasteiger partial charge in [0.25, 0.3) is 0 Å². The summed E-state index contributed by atoms with van der Waals surface area (Å²) in [5.74, 6) is -1.32. The molecule has 1 aromatic heterocycles. The average molecular weight is 404 g/mol. The molecule has 0 aliphatic heterocycles. The Morgan fingerprint density at radius 1 is 1.17 bits per heavy atom. The molecular weight excluding hydrogens is 380 g/mol. The van der Waals surface area contributed by atoms with E-state index in [9.17, 15) is 14.4 Å². The lowest BCUT2D eigenvalue weighted by molar-refractivity contribution is -0.147. The topological polar surface area (TPSA) is 117 Å². The number of amides is 1. The third kappa shape index (κ3) is 7.28. The third-order valence-electron chi connectivity index (χ3n) is 3.52. The number of nitrogens with one attached hydrogen (secondary N) is 1. The first-order valence-electron chi connectivity index (χ1n) is 8.90. The van der Waals surface area contributed by atoms with Crippen LogP contribution in [-0.2, 0) is 32.0 Å². The molecule has 1 atom stereocenters. The number of oxazole rings is 1. The summed E-state index contributed by atoms with van der Waals surface area (Å²) in [6.07, 6.45) is 0.184. The van der Waals surface area contributed by atoms with E-state index < -0.39 is 29.7 Å². The summed E-state index contributed by atoms with van der Waals surface area (Å²) in [6, 6.07) is 7.97. The Kier molecular flexibility index (Phi) is 7.35. The zero-order chi connectivity index (χ0) is 21.4. The molecular formula is C20H24N2O7. The number of hydrogen-bond acceptors (Lipinski definition) is 8. The number of methoxy groups -OCH3 is 1. The SMILES string of the molecule is COC(=O)c1coc(C[C@@H](NC(=O)OC(C)(C)C)C(=O)OCc2ccccc2)n1. The molecule has 0 fully saturated rings. The number of rotatable bonds is 7. The van der Waals surface area contributed by atoms with Crippen LogP contribution in [0.3, 0.4) is 0 Å². The van der Waals surface area contributed by atoms with E-state index in [1.807, 2.05) is 18.2 Å². The standard InChI is InChI=1S/C20H24N2O7/c1-20(2,3)29-19(25)22-14(10-16-21-15(12-27-16)17(23)26-4)18(24)28-11-13-8-6-5-7-9-13/h5-9,12,14H,10-11H2,1-4H3,(H,22,25)/t14-/m1/s1. The third-order valence-corrected chi connectivity index (χ3v) is 3.52. The zero-order valence-corrected chi connectivity index (χ0v) is 16.8. The fraction of sp³-hybridized carbons (Fsp3) is 0.400. The highest BCUT2D eigenvalue weighted by atomic mass is 16.6. The Morgan fingerprint density at radius 2 is 1.86 bits per heavy atom. The van der Waals surface area contributed by atoms with Crippen molar-refractivity contribution in [2.24, 2.45) is 0 Å². The average Bonchev–Trinajstić information content (AvgIpc) is 3.13. The maximum atomic E-state index is 12.6. The predicted molar refractivity (Wildman–Crippen MR) is 101 cm³/mol. The fourth-order valence-electron chi connectivity index (χ4n) is 2.25. The van der Waals surface area contributed by atoms with Crippen LogP contribution in [0.5, 0.6) is 0 Å². The second-order valence-electron chi connectivity index (χ2n) is 7.11. The van der Waals surface area contributed by atoms with Crippen LogP contribution in [0.25, 0.3) is 0 Å². The van der Waals surface area contributed by atoms with Crippen LogP contribution in [-0.4, -0.2) is 41.8 Å². The number of ether oxygens (including phenoxy) is 3. The summed E-state index contributed by atoms with van der Waals surface area (Å²) in [4.78, 5) is 40.2. The number of carbonyl (C=O) groups excluding carboxylic acids is 3. The van der Waals surface area contributed by atoms with E-state index in [0.29, 0.717) is 0 Å². The van der Waals surface area contributed by atoms with Crippen LogP contribution in [0.4, 0.5) is 4.79 Å². The molecule has 1 heterocycles. The molecule has 0 saturated carbocycles. The number of aromatic nitrogens is 1. The summed E-state index contributed by atoms with van der Waals surface area (Å²) in [6.45, 7) is 5.13. The van der Waals surface area contributed by atoms with Gasteiger partial charge in [-0.05, 0) is 26.3 Å². The summed E-state index contributed by atoms with van der Waals surface area (Å²) < 4.78 is 20.3. The van der Waals surface area contributed by atoms with Crippen molar-refractivity contribution >= 4 is 18.0 Å². The van der Waals surface area contributed by atoms with E-state index in [1.54, 1.807) is 32.9 Å². The predicted octanol–water partition coefficient (Wildman–Crippen LogP) is 2.64. The van der Waals surface area contributed by atoms with Crippen LogP contribution in [0.2, 0.25) is 0 Å². The van der Waals surface area contributed by atoms with Gasteiger partial charge in [-0.2, -0.15) is 0 Å². The van der Waals surface area contributed by atoms with Crippen LogP contribution in [0.15, 0.2) is 41.0 Å². The first-order chi connectivity index (χ1) is 13.7. The van der Waals surface area contributed by atoms with Crippen molar-refractivity contribution in [3.63, 3.8) is 0 Å². The monoisotopic (exact) mass is 404 g/mol. The lowest BCUT2D eigenvalue weighted by Gasteiger charge is -2.22. The maximum absolute atomic E-state index is 12.6. The number of alkyl carbamates (subject to hydrolysis) is 1. The van der Waals surface area contributed by atoms with E-state index in [4.69, 9.17) is 13.9 Å². The van der Waals surface area contributed by atoms with E-state index in [0.717, 1.165) is 11.8 Å². The molecule has 2 aromatic rings. The van der Waals surface area contributed by atoms with Crippen molar-refractivity contribution in [2.45, 2.75) is 45.4 Å². The van der Waals surface area contributed by atoms with Crippen molar-refractivity contribution in [1.29, 1.82) is 0 Å². The van der Waals surface area contributed by atoms with Gasteiger partial charge in [-0.1, -0.05) is 30.3 Å². The molecule has 9 nitrogen and oxygen atoms in total. The fourth-order valence-corrected chi connectivity index (χ4v) is 2.25. The Morgan fingerprint density at radius 3 is 2.48 bits per heavy atom. The molecule has 1 aromatic carbocycles. The van der Waals surface area contributed by atoms with Gasteiger partial charge in [0.2, 0.25) is 0 Å². The van der Waals surface area contributed by atoms with Gasteiger partial charge in [-0.15, -0.1) is 0 Å². The molecule has 1 amide bonds. The number of benzene rings is 1. The van der Waals surface area contributed by atoms with Gasteiger partial charge >= 0.3 is 18.0 Å². The van der Waals surface area contributed by atoms with Crippen molar-refractivity contribution in [2.75, 3.05) is 7.11 Å². The van der Waals surface area contributed by atoms with Crippen molar-refractivity contribution in [3.8, 4) is 0 Å². The Labute approximate surface area is 168 Å². The van der Waals surface area contributed by atoms with Gasteiger partial charge in [0.05, 0.1) is 13.5 Å². The highest BCUT2D eigenvalue weighted by molar-refractivity contribution is 5.86. The molecule has 0 radical (unpaired) electrons. The van der Waals surface area contributed by atoms with Gasteiger partial charge in [0.15, 0.2) is 11.6 Å². The van der Waals surface area contributed by atoms with Gasteiger partial charge in [-0.3, -0.25) is 0 Å². The van der Waals surface area contributed by atoms with Gasteiger partial charge < -0.3 is 23.9 Å². The molecule has 0 aliphatic carbocycles. The minimum absolute atomic E-state index is 0.0329. The number of nitrogens with zero attached hydrogens (tertiary/aromatic N) is 1. The normalized spacial score (nSPS) is 12.0. The van der Waals surface area contributed by atoms with E-state index in [2.05, 4.69) is 15.0 Å². The summed E-state index contributed by atoms with van der Waals surface area (Å²) in [7, 11) is 1.21. The van der Waals surface area contributed by atoms with Gasteiger partial charge in [0.1, 0.15) is 24.5 Å². The van der Waals surface area contributed by atoms with Crippen molar-refractivity contribution in [3.05, 3.63) is 53.7 Å². The number of hydrogen-bond donors (Lipinski definition) is 1. The molecule has 156 valence electrons. The Bertz CT molecular complexity index is 840. The molecule has 1 N–H and O–H groups in total. The first kappa shape index (κ1) is 21.9. The summed E-state index contributed by atoms with van der Waals surface area (Å²) >= 11 is 0. The van der Waals surface area contributed by atoms with Crippen molar-refractivity contribution in [1.82, 2.24) is 10.3 Å². The highest BCUT2D eigenvalue weighted by Crippen LogP contribution is 2.11. The lowest BCUT2D eigenvalue weighted by Crippen LogP contribution is -2.45. The minimum Gasteiger partial charge on any atom is -0.464 e. The van der Waals surface area contributed by atoms with E-state index in [1.165, 1.54) is 7.11 Å². The van der Waals surface area contributed by atoms with Crippen LogP contribution < -0.4 is 5.32 Å². The van der Waals surface area contributed by atoms with Gasteiger partial charge in [-0.25, -0.2) is 19.4 Å². The molecule has 0 aliphatic rings. The number of carbonyl (C=O) groups is 3. The molecule has 0 unspecified atom stereocenters. The molecule has 2 rings (SSSR count). The smallest absolute Gasteiger partial charge is 0.408 e. The molecule has 0 saturated heterocycles. The molecule has 9 heteroatoms.